The molecule has 2 aromatic carbocycles. The largest absolute Gasteiger partial charge is 0.462 e. The van der Waals surface area contributed by atoms with Gasteiger partial charge >= 0.3 is 11.9 Å². The van der Waals surface area contributed by atoms with Gasteiger partial charge < -0.3 is 14.2 Å². The van der Waals surface area contributed by atoms with E-state index in [1.807, 2.05) is 36.4 Å². The van der Waals surface area contributed by atoms with Gasteiger partial charge in [0.1, 0.15) is 0 Å². The van der Waals surface area contributed by atoms with E-state index in [4.69, 9.17) is 14.2 Å². The lowest BCUT2D eigenvalue weighted by atomic mass is 10.1. The molecular formula is C20H22O5. The average molecular weight is 342 g/mol. The molecule has 132 valence electrons. The van der Waals surface area contributed by atoms with Crippen LogP contribution in [0.5, 0.6) is 0 Å². The van der Waals surface area contributed by atoms with Gasteiger partial charge in [-0.3, -0.25) is 0 Å². The molecule has 0 N–H and O–H groups in total. The van der Waals surface area contributed by atoms with Crippen molar-refractivity contribution in [3.63, 3.8) is 0 Å². The highest BCUT2D eigenvalue weighted by molar-refractivity contribution is 6.04. The zero-order valence-corrected chi connectivity index (χ0v) is 14.1. The third kappa shape index (κ3) is 6.04. The second-order valence-electron chi connectivity index (χ2n) is 5.35. The van der Waals surface area contributed by atoms with E-state index in [0.717, 1.165) is 16.8 Å². The molecule has 0 bridgehead atoms. The highest BCUT2D eigenvalue weighted by atomic mass is 16.5. The molecule has 0 unspecified atom stereocenters. The first-order valence-corrected chi connectivity index (χ1v) is 8.24. The number of carbonyl (C=O) groups excluding carboxylic acids is 2. The summed E-state index contributed by atoms with van der Waals surface area (Å²) in [5.74, 6) is -0.756. The van der Waals surface area contributed by atoms with Gasteiger partial charge in [-0.2, -0.15) is 0 Å². The van der Waals surface area contributed by atoms with Gasteiger partial charge in [0.2, 0.25) is 0 Å². The van der Waals surface area contributed by atoms with Crippen LogP contribution in [-0.4, -0.2) is 38.4 Å². The monoisotopic (exact) mass is 342 g/mol. The van der Waals surface area contributed by atoms with Crippen LogP contribution in [0.4, 0.5) is 0 Å². The average Bonchev–Trinajstić information content (AvgIpc) is 2.65. The summed E-state index contributed by atoms with van der Waals surface area (Å²) in [6.45, 7) is 4.89. The molecule has 0 saturated carbocycles. The summed E-state index contributed by atoms with van der Waals surface area (Å²) in [6, 6.07) is 13.3. The second-order valence-corrected chi connectivity index (χ2v) is 5.35. The minimum atomic E-state index is -0.430. The van der Waals surface area contributed by atoms with Crippen molar-refractivity contribution < 1.29 is 23.8 Å². The molecule has 0 aliphatic rings. The van der Waals surface area contributed by atoms with Gasteiger partial charge in [0.15, 0.2) is 0 Å². The van der Waals surface area contributed by atoms with E-state index in [1.165, 1.54) is 0 Å². The number of benzene rings is 2. The number of carbonyl (C=O) groups is 2. The summed E-state index contributed by atoms with van der Waals surface area (Å²) >= 11 is 0. The van der Waals surface area contributed by atoms with Crippen LogP contribution in [0.2, 0.25) is 0 Å². The molecule has 0 fully saturated rings. The van der Waals surface area contributed by atoms with Gasteiger partial charge in [-0.15, -0.1) is 0 Å². The molecule has 0 amide bonds. The maximum absolute atomic E-state index is 12.2. The molecule has 25 heavy (non-hydrogen) atoms. The second kappa shape index (κ2) is 10.3. The number of esters is 2. The highest BCUT2D eigenvalue weighted by Crippen LogP contribution is 2.19. The minimum Gasteiger partial charge on any atom is -0.462 e. The van der Waals surface area contributed by atoms with Crippen molar-refractivity contribution in [1.82, 2.24) is 0 Å². The Morgan fingerprint density at radius 1 is 0.880 bits per heavy atom. The van der Waals surface area contributed by atoms with E-state index in [0.29, 0.717) is 44.8 Å². The van der Waals surface area contributed by atoms with Crippen LogP contribution in [-0.2, 0) is 19.0 Å². The van der Waals surface area contributed by atoms with Crippen molar-refractivity contribution in [1.29, 1.82) is 0 Å². The van der Waals surface area contributed by atoms with Crippen LogP contribution in [0.15, 0.2) is 55.1 Å². The molecule has 0 aromatic heterocycles. The van der Waals surface area contributed by atoms with E-state index in [9.17, 15) is 9.59 Å². The normalized spacial score (nSPS) is 10.4. The molecular weight excluding hydrogens is 320 g/mol. The molecule has 0 spiro atoms. The summed E-state index contributed by atoms with van der Waals surface area (Å²) in [5, 5.41) is 1.90. The third-order valence-electron chi connectivity index (χ3n) is 3.52. The lowest BCUT2D eigenvalue weighted by molar-refractivity contribution is -0.138. The summed E-state index contributed by atoms with van der Waals surface area (Å²) in [6.07, 6.45) is 2.36. The molecule has 2 aromatic rings. The fraction of sp³-hybridized carbons (Fsp3) is 0.300. The molecule has 5 heteroatoms. The van der Waals surface area contributed by atoms with Crippen LogP contribution in [0.25, 0.3) is 10.8 Å². The Bertz CT molecular complexity index is 718. The molecule has 0 saturated heterocycles. The fourth-order valence-electron chi connectivity index (χ4n) is 2.30. The van der Waals surface area contributed by atoms with Crippen molar-refractivity contribution in [3.8, 4) is 0 Å². The van der Waals surface area contributed by atoms with E-state index in [1.54, 1.807) is 6.07 Å². The van der Waals surface area contributed by atoms with Gasteiger partial charge in [0, 0.05) is 32.1 Å². The number of rotatable bonds is 10. The maximum atomic E-state index is 12.2. The molecule has 5 nitrogen and oxygen atoms in total. The van der Waals surface area contributed by atoms with Gasteiger partial charge in [-0.05, 0) is 16.8 Å². The topological polar surface area (TPSA) is 61.8 Å². The summed E-state index contributed by atoms with van der Waals surface area (Å²) in [7, 11) is 0. The number of hydrogen-bond donors (Lipinski definition) is 0. The fourth-order valence-corrected chi connectivity index (χ4v) is 2.30. The van der Waals surface area contributed by atoms with Gasteiger partial charge in [-0.1, -0.05) is 43.0 Å². The van der Waals surface area contributed by atoms with E-state index < -0.39 is 5.97 Å². The van der Waals surface area contributed by atoms with Crippen LogP contribution in [0, 0.1) is 0 Å². The first kappa shape index (κ1) is 18.7. The molecule has 0 radical (unpaired) electrons. The molecule has 2 rings (SSSR count). The highest BCUT2D eigenvalue weighted by Gasteiger charge is 2.10. The minimum absolute atomic E-state index is 0.299. The Labute approximate surface area is 147 Å². The molecule has 0 heterocycles. The van der Waals surface area contributed by atoms with E-state index in [2.05, 4.69) is 6.58 Å². The maximum Gasteiger partial charge on any atom is 0.338 e. The smallest absolute Gasteiger partial charge is 0.338 e. The first-order chi connectivity index (χ1) is 12.2. The first-order valence-electron chi connectivity index (χ1n) is 8.24. The summed E-state index contributed by atoms with van der Waals surface area (Å²) in [5.41, 5.74) is 0.572. The standard InChI is InChI=1S/C20H22O5/c1-2-19(21)24-14-6-12-23-13-7-15-25-20(22)18-11-5-9-16-8-3-4-10-17(16)18/h2-5,8-11H,1,6-7,12-15H2. The Morgan fingerprint density at radius 3 is 2.32 bits per heavy atom. The Balaban J connectivity index is 1.63. The summed E-state index contributed by atoms with van der Waals surface area (Å²) < 4.78 is 15.5. The molecule has 0 atom stereocenters. The van der Waals surface area contributed by atoms with Crippen molar-refractivity contribution in [2.24, 2.45) is 0 Å². The number of ether oxygens (including phenoxy) is 3. The quantitative estimate of drug-likeness (QED) is 0.375. The van der Waals surface area contributed by atoms with Gasteiger partial charge in [0.05, 0.1) is 18.8 Å². The van der Waals surface area contributed by atoms with Crippen LogP contribution in [0.1, 0.15) is 23.2 Å². The SMILES string of the molecule is C=CC(=O)OCCCOCCCOC(=O)c1cccc2ccccc12. The number of hydrogen-bond acceptors (Lipinski definition) is 5. The van der Waals surface area contributed by atoms with E-state index >= 15 is 0 Å². The summed E-state index contributed by atoms with van der Waals surface area (Å²) in [4.78, 5) is 23.0. The van der Waals surface area contributed by atoms with Crippen molar-refractivity contribution in [2.45, 2.75) is 12.8 Å². The predicted molar refractivity (Wildman–Crippen MR) is 95.4 cm³/mol. The van der Waals surface area contributed by atoms with Crippen molar-refractivity contribution in [3.05, 3.63) is 60.7 Å². The Hall–Kier alpha value is -2.66. The third-order valence-corrected chi connectivity index (χ3v) is 3.52. The van der Waals surface area contributed by atoms with Crippen molar-refractivity contribution in [2.75, 3.05) is 26.4 Å². The van der Waals surface area contributed by atoms with Crippen LogP contribution < -0.4 is 0 Å². The zero-order valence-electron chi connectivity index (χ0n) is 14.1. The zero-order chi connectivity index (χ0) is 17.9. The lowest BCUT2D eigenvalue weighted by Gasteiger charge is -2.08. The molecule has 0 aliphatic heterocycles. The number of fused-ring (bicyclic) bond motifs is 1. The molecule has 0 aliphatic carbocycles. The van der Waals surface area contributed by atoms with Crippen LogP contribution >= 0.6 is 0 Å². The Kier molecular flexibility index (Phi) is 7.66. The predicted octanol–water partition coefficient (Wildman–Crippen LogP) is 3.52. The van der Waals surface area contributed by atoms with Gasteiger partial charge in [-0.25, -0.2) is 9.59 Å². The van der Waals surface area contributed by atoms with E-state index in [-0.39, 0.29) is 5.97 Å². The van der Waals surface area contributed by atoms with Crippen molar-refractivity contribution >= 4 is 22.7 Å². The van der Waals surface area contributed by atoms with Crippen LogP contribution in [0.3, 0.4) is 0 Å². The van der Waals surface area contributed by atoms with Gasteiger partial charge in [0.25, 0.3) is 0 Å². The lowest BCUT2D eigenvalue weighted by Crippen LogP contribution is -2.10. The Morgan fingerprint density at radius 2 is 1.56 bits per heavy atom.